The average Bonchev–Trinajstić information content (AvgIpc) is 2.89. The smallest absolute Gasteiger partial charge is 0.227 e. The molecular formula is C15H24N2O2. The van der Waals surface area contributed by atoms with Gasteiger partial charge in [0.2, 0.25) is 5.78 Å². The van der Waals surface area contributed by atoms with Crippen molar-refractivity contribution in [3.05, 3.63) is 18.2 Å². The normalized spacial score (nSPS) is 18.4. The van der Waals surface area contributed by atoms with Crippen molar-refractivity contribution in [3.63, 3.8) is 0 Å². The van der Waals surface area contributed by atoms with E-state index in [9.17, 15) is 4.79 Å². The Bertz CT molecular complexity index is 408. The maximum atomic E-state index is 12.6. The topological polar surface area (TPSA) is 44.1 Å². The fourth-order valence-electron chi connectivity index (χ4n) is 3.03. The molecule has 0 radical (unpaired) electrons. The number of imidazole rings is 1. The molecule has 0 bridgehead atoms. The highest BCUT2D eigenvalue weighted by Crippen LogP contribution is 2.29. The SMILES string of the molecule is CCCn1ccnc1C(=O)C(OC)C1CCCCC1. The van der Waals surface area contributed by atoms with E-state index >= 15 is 0 Å². The molecule has 19 heavy (non-hydrogen) atoms. The Labute approximate surface area is 115 Å². The van der Waals surface area contributed by atoms with Crippen LogP contribution in [0.25, 0.3) is 0 Å². The molecule has 1 aliphatic carbocycles. The van der Waals surface area contributed by atoms with Gasteiger partial charge in [0.05, 0.1) is 0 Å². The lowest BCUT2D eigenvalue weighted by atomic mass is 9.83. The Kier molecular flexibility index (Phi) is 5.14. The third-order valence-electron chi connectivity index (χ3n) is 3.99. The molecule has 0 saturated heterocycles. The van der Waals surface area contributed by atoms with Gasteiger partial charge >= 0.3 is 0 Å². The summed E-state index contributed by atoms with van der Waals surface area (Å²) in [5.74, 6) is 0.963. The lowest BCUT2D eigenvalue weighted by molar-refractivity contribution is 0.0301. The molecule has 1 fully saturated rings. The molecule has 1 heterocycles. The highest BCUT2D eigenvalue weighted by atomic mass is 16.5. The van der Waals surface area contributed by atoms with Gasteiger partial charge in [-0.3, -0.25) is 4.79 Å². The van der Waals surface area contributed by atoms with E-state index in [0.29, 0.717) is 11.7 Å². The number of carbonyl (C=O) groups is 1. The van der Waals surface area contributed by atoms with Crippen LogP contribution in [-0.2, 0) is 11.3 Å². The monoisotopic (exact) mass is 264 g/mol. The molecule has 1 unspecified atom stereocenters. The Morgan fingerprint density at radius 2 is 2.21 bits per heavy atom. The van der Waals surface area contributed by atoms with Gasteiger partial charge in [-0.05, 0) is 25.2 Å². The van der Waals surface area contributed by atoms with E-state index in [-0.39, 0.29) is 11.9 Å². The van der Waals surface area contributed by atoms with Crippen LogP contribution in [0.1, 0.15) is 56.1 Å². The molecule has 106 valence electrons. The number of ether oxygens (including phenoxy) is 1. The molecule has 0 aliphatic heterocycles. The molecule has 4 heteroatoms. The van der Waals surface area contributed by atoms with E-state index in [1.807, 2.05) is 10.8 Å². The number of hydrogen-bond acceptors (Lipinski definition) is 3. The Balaban J connectivity index is 2.12. The molecule has 1 atom stereocenters. The maximum absolute atomic E-state index is 12.6. The number of rotatable bonds is 6. The molecule has 1 saturated carbocycles. The van der Waals surface area contributed by atoms with Crippen LogP contribution < -0.4 is 0 Å². The second-order valence-corrected chi connectivity index (χ2v) is 5.36. The van der Waals surface area contributed by atoms with Crippen molar-refractivity contribution >= 4 is 5.78 Å². The van der Waals surface area contributed by atoms with E-state index in [4.69, 9.17) is 4.74 Å². The Hall–Kier alpha value is -1.16. The third-order valence-corrected chi connectivity index (χ3v) is 3.99. The lowest BCUT2D eigenvalue weighted by Gasteiger charge is -2.28. The molecule has 1 aromatic rings. The lowest BCUT2D eigenvalue weighted by Crippen LogP contribution is -2.34. The number of Topliss-reactive ketones (excluding diaryl/α,β-unsaturated/α-hetero) is 1. The molecule has 0 aromatic carbocycles. The van der Waals surface area contributed by atoms with Crippen LogP contribution in [0.15, 0.2) is 12.4 Å². The minimum Gasteiger partial charge on any atom is -0.373 e. The fraction of sp³-hybridized carbons (Fsp3) is 0.733. The summed E-state index contributed by atoms with van der Waals surface area (Å²) in [6.07, 6.45) is 10.2. The van der Waals surface area contributed by atoms with Crippen LogP contribution in [0.3, 0.4) is 0 Å². The van der Waals surface area contributed by atoms with Gasteiger partial charge in [-0.15, -0.1) is 0 Å². The highest BCUT2D eigenvalue weighted by molar-refractivity contribution is 5.96. The van der Waals surface area contributed by atoms with Gasteiger partial charge in [0.1, 0.15) is 6.10 Å². The number of aromatic nitrogens is 2. The second kappa shape index (κ2) is 6.85. The van der Waals surface area contributed by atoms with Crippen molar-refractivity contribution in [1.82, 2.24) is 9.55 Å². The number of ketones is 1. The minimum atomic E-state index is -0.321. The summed E-state index contributed by atoms with van der Waals surface area (Å²) in [7, 11) is 1.64. The van der Waals surface area contributed by atoms with Gasteiger partial charge in [-0.2, -0.15) is 0 Å². The first-order valence-corrected chi connectivity index (χ1v) is 7.36. The maximum Gasteiger partial charge on any atom is 0.227 e. The van der Waals surface area contributed by atoms with Crippen molar-refractivity contribution in [3.8, 4) is 0 Å². The van der Waals surface area contributed by atoms with Crippen molar-refractivity contribution in [1.29, 1.82) is 0 Å². The van der Waals surface area contributed by atoms with Gasteiger partial charge < -0.3 is 9.30 Å². The van der Waals surface area contributed by atoms with Crippen molar-refractivity contribution in [2.75, 3.05) is 7.11 Å². The third kappa shape index (κ3) is 3.24. The van der Waals surface area contributed by atoms with E-state index in [1.54, 1.807) is 13.3 Å². The minimum absolute atomic E-state index is 0.0489. The van der Waals surface area contributed by atoms with Crippen LogP contribution in [0.4, 0.5) is 0 Å². The number of methoxy groups -OCH3 is 1. The number of nitrogens with zero attached hydrogens (tertiary/aromatic N) is 2. The average molecular weight is 264 g/mol. The van der Waals surface area contributed by atoms with E-state index in [2.05, 4.69) is 11.9 Å². The van der Waals surface area contributed by atoms with E-state index in [0.717, 1.165) is 25.8 Å². The van der Waals surface area contributed by atoms with Crippen molar-refractivity contribution < 1.29 is 9.53 Å². The van der Waals surface area contributed by atoms with E-state index < -0.39 is 0 Å². The molecule has 4 nitrogen and oxygen atoms in total. The van der Waals surface area contributed by atoms with Crippen LogP contribution in [0.5, 0.6) is 0 Å². The summed E-state index contributed by atoms with van der Waals surface area (Å²) in [5.41, 5.74) is 0. The predicted octanol–water partition coefficient (Wildman–Crippen LogP) is 3.07. The molecule has 0 N–H and O–H groups in total. The van der Waals surface area contributed by atoms with Gasteiger partial charge in [-0.25, -0.2) is 4.98 Å². The van der Waals surface area contributed by atoms with Crippen LogP contribution in [0, 0.1) is 5.92 Å². The fourth-order valence-corrected chi connectivity index (χ4v) is 3.03. The van der Waals surface area contributed by atoms with Gasteiger partial charge in [0.15, 0.2) is 5.82 Å². The van der Waals surface area contributed by atoms with Crippen LogP contribution in [0.2, 0.25) is 0 Å². The van der Waals surface area contributed by atoms with Crippen molar-refractivity contribution in [2.45, 2.75) is 58.1 Å². The molecule has 2 rings (SSSR count). The molecular weight excluding hydrogens is 240 g/mol. The van der Waals surface area contributed by atoms with Crippen LogP contribution in [-0.4, -0.2) is 28.5 Å². The first-order valence-electron chi connectivity index (χ1n) is 7.36. The number of hydrogen-bond donors (Lipinski definition) is 0. The van der Waals surface area contributed by atoms with Gasteiger partial charge in [0.25, 0.3) is 0 Å². The van der Waals surface area contributed by atoms with Gasteiger partial charge in [-0.1, -0.05) is 26.2 Å². The first-order chi connectivity index (χ1) is 9.27. The highest BCUT2D eigenvalue weighted by Gasteiger charge is 2.32. The molecule has 1 aromatic heterocycles. The molecule has 0 spiro atoms. The summed E-state index contributed by atoms with van der Waals surface area (Å²) in [6, 6.07) is 0. The quantitative estimate of drug-likeness (QED) is 0.742. The zero-order chi connectivity index (χ0) is 13.7. The number of carbonyl (C=O) groups excluding carboxylic acids is 1. The second-order valence-electron chi connectivity index (χ2n) is 5.36. The molecule has 0 amide bonds. The molecule has 1 aliphatic rings. The predicted molar refractivity (Wildman–Crippen MR) is 74.2 cm³/mol. The van der Waals surface area contributed by atoms with Crippen LogP contribution >= 0.6 is 0 Å². The zero-order valence-corrected chi connectivity index (χ0v) is 12.0. The zero-order valence-electron chi connectivity index (χ0n) is 12.0. The summed E-state index contributed by atoms with van der Waals surface area (Å²) < 4.78 is 7.45. The Morgan fingerprint density at radius 1 is 1.47 bits per heavy atom. The number of aryl methyl sites for hydroxylation is 1. The first kappa shape index (κ1) is 14.3. The summed E-state index contributed by atoms with van der Waals surface area (Å²) in [6.45, 7) is 2.94. The summed E-state index contributed by atoms with van der Waals surface area (Å²) in [5, 5.41) is 0. The largest absolute Gasteiger partial charge is 0.373 e. The van der Waals surface area contributed by atoms with Crippen molar-refractivity contribution in [2.24, 2.45) is 5.92 Å². The summed E-state index contributed by atoms with van der Waals surface area (Å²) in [4.78, 5) is 16.9. The standard InChI is InChI=1S/C15H24N2O2/c1-3-10-17-11-9-16-15(17)13(18)14(19-2)12-7-5-4-6-8-12/h9,11-12,14H,3-8,10H2,1-2H3. The van der Waals surface area contributed by atoms with E-state index in [1.165, 1.54) is 19.3 Å². The van der Waals surface area contributed by atoms with Gasteiger partial charge in [0, 0.05) is 26.0 Å². The Morgan fingerprint density at radius 3 is 2.84 bits per heavy atom. The summed E-state index contributed by atoms with van der Waals surface area (Å²) >= 11 is 0.